The molecule has 2 atom stereocenters. The summed E-state index contributed by atoms with van der Waals surface area (Å²) >= 11 is 14.0. The van der Waals surface area contributed by atoms with Gasteiger partial charge >= 0.3 is 0 Å². The van der Waals surface area contributed by atoms with Gasteiger partial charge in [0.2, 0.25) is 0 Å². The van der Waals surface area contributed by atoms with Gasteiger partial charge in [0.1, 0.15) is 10.4 Å². The first-order chi connectivity index (χ1) is 16.6. The van der Waals surface area contributed by atoms with Gasteiger partial charge in [-0.3, -0.25) is 4.79 Å². The molecular formula is C27H30Cl2N4OS. The minimum absolute atomic E-state index is 0.0805. The average molecular weight is 530 g/mol. The maximum Gasteiger partial charge on any atom is 0.262 e. The molecule has 0 N–H and O–H groups in total. The van der Waals surface area contributed by atoms with Crippen LogP contribution >= 0.6 is 35.0 Å². The lowest BCUT2D eigenvalue weighted by molar-refractivity contribution is -0.130. The zero-order chi connectivity index (χ0) is 25.1. The Morgan fingerprint density at radius 1 is 1.09 bits per heavy atom. The first-order valence-electron chi connectivity index (χ1n) is 11.9. The summed E-state index contributed by atoms with van der Waals surface area (Å²) in [6.07, 6.45) is 0. The number of aliphatic imine (C=N–C) groups is 1. The van der Waals surface area contributed by atoms with E-state index >= 15 is 0 Å². The maximum atomic E-state index is 13.7. The molecule has 0 aromatic heterocycles. The van der Waals surface area contributed by atoms with Crippen molar-refractivity contribution in [1.29, 1.82) is 0 Å². The molecule has 3 aliphatic rings. The Hall–Kier alpha value is -1.99. The van der Waals surface area contributed by atoms with E-state index in [9.17, 15) is 4.79 Å². The molecule has 0 radical (unpaired) electrons. The number of rotatable bonds is 5. The number of carbonyl (C=O) groups is 1. The predicted molar refractivity (Wildman–Crippen MR) is 146 cm³/mol. The smallest absolute Gasteiger partial charge is 0.262 e. The van der Waals surface area contributed by atoms with Crippen molar-refractivity contribution in [2.45, 2.75) is 38.4 Å². The fourth-order valence-corrected chi connectivity index (χ4v) is 6.94. The van der Waals surface area contributed by atoms with Gasteiger partial charge in [0.25, 0.3) is 5.91 Å². The summed E-state index contributed by atoms with van der Waals surface area (Å²) in [5.41, 5.74) is 2.66. The Morgan fingerprint density at radius 3 is 2.20 bits per heavy atom. The minimum atomic E-state index is -0.557. The van der Waals surface area contributed by atoms with Crippen LogP contribution in [-0.2, 0) is 10.3 Å². The van der Waals surface area contributed by atoms with Crippen molar-refractivity contribution in [3.05, 3.63) is 80.3 Å². The molecule has 3 heterocycles. The second-order valence-corrected chi connectivity index (χ2v) is 12.0. The van der Waals surface area contributed by atoms with Gasteiger partial charge in [0.15, 0.2) is 5.17 Å². The van der Waals surface area contributed by atoms with Crippen LogP contribution in [0.15, 0.2) is 64.1 Å². The molecule has 0 saturated carbocycles. The monoisotopic (exact) mass is 528 g/mol. The third kappa shape index (κ3) is 4.18. The highest BCUT2D eigenvalue weighted by molar-refractivity contribution is 8.18. The number of thioether (sulfide) groups is 1. The summed E-state index contributed by atoms with van der Waals surface area (Å²) < 4.78 is 0. The van der Waals surface area contributed by atoms with E-state index in [0.29, 0.717) is 10.0 Å². The predicted octanol–water partition coefficient (Wildman–Crippen LogP) is 6.01. The summed E-state index contributed by atoms with van der Waals surface area (Å²) in [7, 11) is 4.00. The summed E-state index contributed by atoms with van der Waals surface area (Å²) in [6.45, 7) is 8.28. The van der Waals surface area contributed by atoms with Gasteiger partial charge in [-0.25, -0.2) is 4.99 Å². The fourth-order valence-electron chi connectivity index (χ4n) is 5.30. The van der Waals surface area contributed by atoms with E-state index in [1.165, 1.54) is 11.8 Å². The van der Waals surface area contributed by atoms with Gasteiger partial charge in [-0.2, -0.15) is 0 Å². The minimum Gasteiger partial charge on any atom is -0.336 e. The number of benzene rings is 2. The van der Waals surface area contributed by atoms with Crippen molar-refractivity contribution in [1.82, 2.24) is 14.7 Å². The van der Waals surface area contributed by atoms with Crippen LogP contribution in [-0.4, -0.2) is 59.0 Å². The van der Waals surface area contributed by atoms with Crippen molar-refractivity contribution in [2.24, 2.45) is 10.9 Å². The number of carbonyl (C=O) groups excluding carboxylic acids is 1. The van der Waals surface area contributed by atoms with E-state index in [1.54, 1.807) is 0 Å². The lowest BCUT2D eigenvalue weighted by Crippen LogP contribution is -2.58. The molecular weight excluding hydrogens is 499 g/mol. The lowest BCUT2D eigenvalue weighted by Gasteiger charge is -2.42. The highest BCUT2D eigenvalue weighted by Crippen LogP contribution is 2.56. The number of nitrogens with zero attached hydrogens (tertiary/aromatic N) is 4. The molecule has 2 aromatic rings. The second kappa shape index (κ2) is 9.15. The molecule has 0 aliphatic carbocycles. The number of hydrogen-bond donors (Lipinski definition) is 0. The third-order valence-electron chi connectivity index (χ3n) is 7.28. The molecule has 1 amide bonds. The Labute approximate surface area is 221 Å². The van der Waals surface area contributed by atoms with Crippen LogP contribution in [0.5, 0.6) is 0 Å². The highest BCUT2D eigenvalue weighted by Gasteiger charge is 2.53. The number of likely N-dealkylation sites (N-methyl/N-ethyl adjacent to an activating group) is 2. The molecule has 1 saturated heterocycles. The van der Waals surface area contributed by atoms with E-state index in [4.69, 9.17) is 28.2 Å². The summed E-state index contributed by atoms with van der Waals surface area (Å²) in [5.74, 6) is 0.228. The first kappa shape index (κ1) is 24.7. The van der Waals surface area contributed by atoms with Gasteiger partial charge in [-0.05, 0) is 67.0 Å². The summed E-state index contributed by atoms with van der Waals surface area (Å²) in [6, 6.07) is 16.0. The van der Waals surface area contributed by atoms with Crippen LogP contribution in [0, 0.1) is 5.92 Å². The van der Waals surface area contributed by atoms with Crippen molar-refractivity contribution >= 4 is 46.0 Å². The van der Waals surface area contributed by atoms with Crippen LogP contribution in [0.2, 0.25) is 10.0 Å². The van der Waals surface area contributed by atoms with Gasteiger partial charge in [0.05, 0.1) is 12.1 Å². The number of allylic oxidation sites excluding steroid dienone is 1. The zero-order valence-electron chi connectivity index (χ0n) is 20.6. The Bertz CT molecular complexity index is 1200. The van der Waals surface area contributed by atoms with E-state index in [1.807, 2.05) is 48.3 Å². The van der Waals surface area contributed by atoms with Crippen molar-refractivity contribution in [2.75, 3.05) is 27.2 Å². The highest BCUT2D eigenvalue weighted by atomic mass is 35.5. The number of amides is 1. The first-order valence-corrected chi connectivity index (χ1v) is 13.5. The summed E-state index contributed by atoms with van der Waals surface area (Å²) in [4.78, 5) is 26.2. The lowest BCUT2D eigenvalue weighted by atomic mass is 9.81. The van der Waals surface area contributed by atoms with Crippen LogP contribution in [0.25, 0.3) is 0 Å². The number of likely N-dealkylation sites (tertiary alicyclic amines) is 1. The largest absolute Gasteiger partial charge is 0.336 e. The van der Waals surface area contributed by atoms with Crippen LogP contribution in [0.4, 0.5) is 0 Å². The molecule has 35 heavy (non-hydrogen) atoms. The molecule has 0 bridgehead atoms. The number of fused-ring (bicyclic) bond motifs is 1. The third-order valence-corrected chi connectivity index (χ3v) is 8.84. The van der Waals surface area contributed by atoms with Gasteiger partial charge in [0, 0.05) is 35.9 Å². The number of halogens is 2. The Kier molecular flexibility index (Phi) is 6.45. The van der Waals surface area contributed by atoms with Gasteiger partial charge in [-0.1, -0.05) is 61.3 Å². The standard InChI is InChI=1S/C27H30Cl2N4OS/c1-16(2)22-23(25(34)32(5)21-14-31(4)15-21)35-26-30-27(3,18-8-12-20(29)13-9-18)24(33(22)26)17-6-10-19(28)11-7-17/h6-13,16,21,24H,14-15H2,1-5H3. The van der Waals surface area contributed by atoms with Gasteiger partial charge in [-0.15, -0.1) is 0 Å². The molecule has 0 spiro atoms. The van der Waals surface area contributed by atoms with Crippen LogP contribution in [0.1, 0.15) is 37.9 Å². The fraction of sp³-hybridized carbons (Fsp3) is 0.407. The number of amidine groups is 1. The second-order valence-electron chi connectivity index (χ2n) is 10.1. The molecule has 184 valence electrons. The normalized spacial score (nSPS) is 24.6. The van der Waals surface area contributed by atoms with Crippen molar-refractivity contribution < 1.29 is 4.79 Å². The van der Waals surface area contributed by atoms with Crippen molar-refractivity contribution in [3.8, 4) is 0 Å². The van der Waals surface area contributed by atoms with Gasteiger partial charge < -0.3 is 14.7 Å². The average Bonchev–Trinajstić information content (AvgIpc) is 3.29. The number of hydrogen-bond acceptors (Lipinski definition) is 5. The molecule has 5 rings (SSSR count). The van der Waals surface area contributed by atoms with Crippen LogP contribution in [0.3, 0.4) is 0 Å². The quantitative estimate of drug-likeness (QED) is 0.476. The molecule has 3 aliphatic heterocycles. The molecule has 5 nitrogen and oxygen atoms in total. The Balaban J connectivity index is 1.60. The van der Waals surface area contributed by atoms with E-state index in [-0.39, 0.29) is 23.9 Å². The SMILES string of the molecule is CC(C)C1=C(C(=O)N(C)C2CN(C)C2)SC2=NC(C)(c3ccc(Cl)cc3)C(c3ccc(Cl)cc3)N21. The van der Waals surface area contributed by atoms with Crippen molar-refractivity contribution in [3.63, 3.8) is 0 Å². The topological polar surface area (TPSA) is 39.2 Å². The molecule has 1 fully saturated rings. The summed E-state index contributed by atoms with van der Waals surface area (Å²) in [5, 5.41) is 2.26. The molecule has 2 aromatic carbocycles. The molecule has 8 heteroatoms. The Morgan fingerprint density at radius 2 is 1.66 bits per heavy atom. The van der Waals surface area contributed by atoms with E-state index in [2.05, 4.69) is 49.8 Å². The zero-order valence-corrected chi connectivity index (χ0v) is 23.0. The molecule has 2 unspecified atom stereocenters. The van der Waals surface area contributed by atoms with Crippen LogP contribution < -0.4 is 0 Å². The van der Waals surface area contributed by atoms with E-state index in [0.717, 1.165) is 40.0 Å². The van der Waals surface area contributed by atoms with E-state index < -0.39 is 5.54 Å². The maximum absolute atomic E-state index is 13.7.